The van der Waals surface area contributed by atoms with Crippen molar-refractivity contribution in [2.24, 2.45) is 5.92 Å². The second-order valence-electron chi connectivity index (χ2n) is 6.51. The molecule has 3 nitrogen and oxygen atoms in total. The van der Waals surface area contributed by atoms with Crippen molar-refractivity contribution in [1.82, 2.24) is 5.32 Å². The molecule has 1 aromatic carbocycles. The lowest BCUT2D eigenvalue weighted by molar-refractivity contribution is 0.343. The SMILES string of the molecule is CNCC(Cc1cccs1)C1CCCc2cc(OC)c(OC)cc21. The number of methoxy groups -OCH3 is 2. The van der Waals surface area contributed by atoms with E-state index in [-0.39, 0.29) is 0 Å². The molecule has 0 saturated heterocycles. The van der Waals surface area contributed by atoms with E-state index >= 15 is 0 Å². The minimum Gasteiger partial charge on any atom is -0.493 e. The monoisotopic (exact) mass is 345 g/mol. The Balaban J connectivity index is 1.93. The third-order valence-corrected chi connectivity index (χ3v) is 5.98. The molecule has 0 bridgehead atoms. The summed E-state index contributed by atoms with van der Waals surface area (Å²) in [6.07, 6.45) is 4.77. The van der Waals surface area contributed by atoms with Crippen molar-refractivity contribution < 1.29 is 9.47 Å². The van der Waals surface area contributed by atoms with Gasteiger partial charge in [0.05, 0.1) is 14.2 Å². The Morgan fingerprint density at radius 2 is 2.04 bits per heavy atom. The van der Waals surface area contributed by atoms with Crippen LogP contribution in [0, 0.1) is 5.92 Å². The highest BCUT2D eigenvalue weighted by atomic mass is 32.1. The van der Waals surface area contributed by atoms with Crippen LogP contribution in [0.4, 0.5) is 0 Å². The van der Waals surface area contributed by atoms with Crippen molar-refractivity contribution in [1.29, 1.82) is 0 Å². The first kappa shape index (κ1) is 17.3. The van der Waals surface area contributed by atoms with Gasteiger partial charge in [-0.2, -0.15) is 0 Å². The Kier molecular flexibility index (Phi) is 5.80. The molecule has 0 fully saturated rings. The molecule has 0 saturated carbocycles. The average Bonchev–Trinajstić information content (AvgIpc) is 3.12. The van der Waals surface area contributed by atoms with E-state index in [1.165, 1.54) is 28.8 Å². The fourth-order valence-electron chi connectivity index (χ4n) is 3.96. The molecule has 4 heteroatoms. The molecule has 130 valence electrons. The van der Waals surface area contributed by atoms with Crippen LogP contribution in [0.25, 0.3) is 0 Å². The first-order valence-electron chi connectivity index (χ1n) is 8.68. The molecule has 1 aromatic heterocycles. The standard InChI is InChI=1S/C20H27NO2S/c1-21-13-15(10-16-7-5-9-24-16)17-8-4-6-14-11-19(22-2)20(23-3)12-18(14)17/h5,7,9,11-12,15,17,21H,4,6,8,10,13H2,1-3H3. The van der Waals surface area contributed by atoms with Crippen LogP contribution in [-0.4, -0.2) is 27.8 Å². The third-order valence-electron chi connectivity index (χ3n) is 5.08. The van der Waals surface area contributed by atoms with E-state index < -0.39 is 0 Å². The van der Waals surface area contributed by atoms with E-state index in [9.17, 15) is 0 Å². The normalized spacial score (nSPS) is 18.0. The van der Waals surface area contributed by atoms with E-state index in [1.54, 1.807) is 14.2 Å². The fourth-order valence-corrected chi connectivity index (χ4v) is 4.76. The van der Waals surface area contributed by atoms with Crippen LogP contribution in [-0.2, 0) is 12.8 Å². The van der Waals surface area contributed by atoms with Gasteiger partial charge in [0, 0.05) is 4.88 Å². The molecule has 24 heavy (non-hydrogen) atoms. The molecule has 1 aliphatic rings. The number of benzene rings is 1. The number of ether oxygens (including phenoxy) is 2. The summed E-state index contributed by atoms with van der Waals surface area (Å²) in [5, 5.41) is 5.58. The summed E-state index contributed by atoms with van der Waals surface area (Å²) >= 11 is 1.86. The predicted octanol–water partition coefficient (Wildman–Crippen LogP) is 4.26. The molecule has 2 atom stereocenters. The van der Waals surface area contributed by atoms with Crippen LogP contribution >= 0.6 is 11.3 Å². The van der Waals surface area contributed by atoms with Crippen LogP contribution in [0.3, 0.4) is 0 Å². The van der Waals surface area contributed by atoms with Gasteiger partial charge in [0.15, 0.2) is 11.5 Å². The minimum absolute atomic E-state index is 0.572. The summed E-state index contributed by atoms with van der Waals surface area (Å²) in [6, 6.07) is 8.81. The molecule has 1 heterocycles. The Labute approximate surface area is 149 Å². The maximum atomic E-state index is 5.56. The number of hydrogen-bond acceptors (Lipinski definition) is 4. The van der Waals surface area contributed by atoms with Crippen LogP contribution in [0.5, 0.6) is 11.5 Å². The number of nitrogens with one attached hydrogen (secondary N) is 1. The first-order valence-corrected chi connectivity index (χ1v) is 9.56. The maximum absolute atomic E-state index is 5.56. The van der Waals surface area contributed by atoms with Crippen molar-refractivity contribution >= 4 is 11.3 Å². The van der Waals surface area contributed by atoms with Crippen LogP contribution in [0.2, 0.25) is 0 Å². The number of hydrogen-bond donors (Lipinski definition) is 1. The number of aryl methyl sites for hydroxylation is 1. The summed E-state index contributed by atoms with van der Waals surface area (Å²) in [7, 11) is 5.49. The molecule has 0 radical (unpaired) electrons. The van der Waals surface area contributed by atoms with Crippen LogP contribution < -0.4 is 14.8 Å². The lowest BCUT2D eigenvalue weighted by atomic mass is 9.74. The summed E-state index contributed by atoms with van der Waals surface area (Å²) in [6.45, 7) is 1.04. The highest BCUT2D eigenvalue weighted by Crippen LogP contribution is 2.43. The molecule has 0 amide bonds. The lowest BCUT2D eigenvalue weighted by Crippen LogP contribution is -2.28. The lowest BCUT2D eigenvalue weighted by Gasteiger charge is -2.33. The largest absolute Gasteiger partial charge is 0.493 e. The zero-order valence-corrected chi connectivity index (χ0v) is 15.6. The molecule has 1 N–H and O–H groups in total. The molecule has 2 unspecified atom stereocenters. The Bertz CT molecular complexity index is 654. The van der Waals surface area contributed by atoms with Crippen molar-refractivity contribution in [3.8, 4) is 11.5 Å². The molecule has 2 aromatic rings. The van der Waals surface area contributed by atoms with Crippen LogP contribution in [0.1, 0.15) is 34.8 Å². The summed E-state index contributed by atoms with van der Waals surface area (Å²) < 4.78 is 11.1. The molecular weight excluding hydrogens is 318 g/mol. The van der Waals surface area contributed by atoms with Gasteiger partial charge in [-0.25, -0.2) is 0 Å². The topological polar surface area (TPSA) is 30.5 Å². The van der Waals surface area contributed by atoms with E-state index in [1.807, 2.05) is 11.3 Å². The van der Waals surface area contributed by atoms with E-state index in [0.29, 0.717) is 11.8 Å². The molecular formula is C20H27NO2S. The van der Waals surface area contributed by atoms with Gasteiger partial charge < -0.3 is 14.8 Å². The molecule has 0 spiro atoms. The molecule has 1 aliphatic carbocycles. The van der Waals surface area contributed by atoms with Gasteiger partial charge in [0.1, 0.15) is 0 Å². The number of rotatable bonds is 7. The van der Waals surface area contributed by atoms with Gasteiger partial charge >= 0.3 is 0 Å². The minimum atomic E-state index is 0.572. The Hall–Kier alpha value is -1.52. The average molecular weight is 346 g/mol. The van der Waals surface area contributed by atoms with Crippen LogP contribution in [0.15, 0.2) is 29.6 Å². The summed E-state index contributed by atoms with van der Waals surface area (Å²) in [5.41, 5.74) is 2.88. The van der Waals surface area contributed by atoms with Crippen molar-refractivity contribution in [3.05, 3.63) is 45.6 Å². The summed E-state index contributed by atoms with van der Waals surface area (Å²) in [4.78, 5) is 1.47. The highest BCUT2D eigenvalue weighted by Gasteiger charge is 2.29. The second-order valence-corrected chi connectivity index (χ2v) is 7.54. The summed E-state index contributed by atoms with van der Waals surface area (Å²) in [5.74, 6) is 2.87. The molecule has 3 rings (SSSR count). The van der Waals surface area contributed by atoms with E-state index in [4.69, 9.17) is 9.47 Å². The van der Waals surface area contributed by atoms with E-state index in [0.717, 1.165) is 30.9 Å². The zero-order valence-electron chi connectivity index (χ0n) is 14.8. The van der Waals surface area contributed by atoms with Gasteiger partial charge in [-0.05, 0) is 85.8 Å². The van der Waals surface area contributed by atoms with Gasteiger partial charge in [0.2, 0.25) is 0 Å². The smallest absolute Gasteiger partial charge is 0.161 e. The van der Waals surface area contributed by atoms with Crippen molar-refractivity contribution in [2.45, 2.75) is 31.6 Å². The third kappa shape index (κ3) is 3.60. The molecule has 0 aliphatic heterocycles. The number of thiophene rings is 1. The van der Waals surface area contributed by atoms with Gasteiger partial charge in [0.25, 0.3) is 0 Å². The fraction of sp³-hybridized carbons (Fsp3) is 0.500. The van der Waals surface area contributed by atoms with Gasteiger partial charge in [-0.1, -0.05) is 6.07 Å². The quantitative estimate of drug-likeness (QED) is 0.813. The van der Waals surface area contributed by atoms with Crippen molar-refractivity contribution in [2.75, 3.05) is 27.8 Å². The van der Waals surface area contributed by atoms with E-state index in [2.05, 4.69) is 42.0 Å². The maximum Gasteiger partial charge on any atom is 0.161 e. The predicted molar refractivity (Wildman–Crippen MR) is 101 cm³/mol. The second kappa shape index (κ2) is 8.04. The van der Waals surface area contributed by atoms with Gasteiger partial charge in [-0.3, -0.25) is 0 Å². The van der Waals surface area contributed by atoms with Crippen molar-refractivity contribution in [3.63, 3.8) is 0 Å². The highest BCUT2D eigenvalue weighted by molar-refractivity contribution is 7.09. The van der Waals surface area contributed by atoms with Gasteiger partial charge in [-0.15, -0.1) is 11.3 Å². The Morgan fingerprint density at radius 1 is 1.25 bits per heavy atom. The zero-order chi connectivity index (χ0) is 16.9. The number of fused-ring (bicyclic) bond motifs is 1. The first-order chi connectivity index (χ1) is 11.8. The Morgan fingerprint density at radius 3 is 2.71 bits per heavy atom.